The van der Waals surface area contributed by atoms with Gasteiger partial charge in [0.1, 0.15) is 10.4 Å². The summed E-state index contributed by atoms with van der Waals surface area (Å²) in [5, 5.41) is 3.45. The molecule has 1 unspecified atom stereocenters. The zero-order valence-electron chi connectivity index (χ0n) is 11.1. The third kappa shape index (κ3) is 4.04. The lowest BCUT2D eigenvalue weighted by Gasteiger charge is -2.15. The van der Waals surface area contributed by atoms with Gasteiger partial charge in [0, 0.05) is 12.6 Å². The molecule has 0 spiro atoms. The van der Waals surface area contributed by atoms with Crippen LogP contribution in [0.3, 0.4) is 0 Å². The summed E-state index contributed by atoms with van der Waals surface area (Å²) in [7, 11) is 1.68. The van der Waals surface area contributed by atoms with Gasteiger partial charge in [-0.1, -0.05) is 18.2 Å². The van der Waals surface area contributed by atoms with Crippen molar-refractivity contribution in [3.05, 3.63) is 58.3 Å². The smallest absolute Gasteiger partial charge is 0.119 e. The fourth-order valence-corrected chi connectivity index (χ4v) is 2.22. The monoisotopic (exact) mass is 320 g/mol. The average molecular weight is 321 g/mol. The Labute approximate surface area is 122 Å². The van der Waals surface area contributed by atoms with E-state index in [2.05, 4.69) is 39.2 Å². The lowest BCUT2D eigenvalue weighted by atomic mass is 10.1. The van der Waals surface area contributed by atoms with E-state index in [0.29, 0.717) is 0 Å². The molecule has 0 aliphatic rings. The summed E-state index contributed by atoms with van der Waals surface area (Å²) in [6.07, 6.45) is 0. The number of halogens is 1. The molecular formula is C15H17BrN2O. The van der Waals surface area contributed by atoms with Crippen LogP contribution in [0.15, 0.2) is 47.1 Å². The molecule has 0 bridgehead atoms. The molecule has 0 radical (unpaired) electrons. The largest absolute Gasteiger partial charge is 0.497 e. The van der Waals surface area contributed by atoms with Gasteiger partial charge in [-0.3, -0.25) is 0 Å². The minimum Gasteiger partial charge on any atom is -0.497 e. The van der Waals surface area contributed by atoms with Gasteiger partial charge in [0.15, 0.2) is 0 Å². The molecule has 1 aromatic carbocycles. The van der Waals surface area contributed by atoms with Crippen LogP contribution in [0.5, 0.6) is 5.75 Å². The van der Waals surface area contributed by atoms with E-state index in [-0.39, 0.29) is 6.04 Å². The van der Waals surface area contributed by atoms with E-state index in [4.69, 9.17) is 4.74 Å². The summed E-state index contributed by atoms with van der Waals surface area (Å²) >= 11 is 3.38. The average Bonchev–Trinajstić information content (AvgIpc) is 2.45. The molecule has 4 heteroatoms. The zero-order chi connectivity index (χ0) is 13.7. The Balaban J connectivity index is 1.99. The molecule has 0 fully saturated rings. The highest BCUT2D eigenvalue weighted by molar-refractivity contribution is 9.10. The molecule has 0 amide bonds. The first-order valence-corrected chi connectivity index (χ1v) is 6.97. The number of nitrogens with zero attached hydrogens (tertiary/aromatic N) is 1. The van der Waals surface area contributed by atoms with E-state index >= 15 is 0 Å². The molecule has 1 N–H and O–H groups in total. The van der Waals surface area contributed by atoms with Crippen LogP contribution < -0.4 is 10.1 Å². The van der Waals surface area contributed by atoms with Crippen molar-refractivity contribution in [3.63, 3.8) is 0 Å². The van der Waals surface area contributed by atoms with Gasteiger partial charge in [0.25, 0.3) is 0 Å². The summed E-state index contributed by atoms with van der Waals surface area (Å²) in [6.45, 7) is 2.87. The lowest BCUT2D eigenvalue weighted by Crippen LogP contribution is -2.18. The quantitative estimate of drug-likeness (QED) is 0.853. The number of hydrogen-bond acceptors (Lipinski definition) is 3. The van der Waals surface area contributed by atoms with E-state index in [1.807, 2.05) is 36.4 Å². The second kappa shape index (κ2) is 6.68. The maximum Gasteiger partial charge on any atom is 0.119 e. The maximum atomic E-state index is 5.24. The van der Waals surface area contributed by atoms with Crippen LogP contribution >= 0.6 is 15.9 Å². The highest BCUT2D eigenvalue weighted by Crippen LogP contribution is 2.19. The molecule has 1 heterocycles. The first-order chi connectivity index (χ1) is 9.19. The molecular weight excluding hydrogens is 304 g/mol. The fraction of sp³-hybridized carbons (Fsp3) is 0.267. The fourth-order valence-electron chi connectivity index (χ4n) is 1.84. The molecule has 0 aliphatic carbocycles. The van der Waals surface area contributed by atoms with Gasteiger partial charge < -0.3 is 10.1 Å². The van der Waals surface area contributed by atoms with Crippen molar-refractivity contribution in [2.75, 3.05) is 7.11 Å². The van der Waals surface area contributed by atoms with Crippen molar-refractivity contribution in [1.29, 1.82) is 0 Å². The van der Waals surface area contributed by atoms with Gasteiger partial charge in [0.2, 0.25) is 0 Å². The van der Waals surface area contributed by atoms with Crippen molar-refractivity contribution in [2.24, 2.45) is 0 Å². The highest BCUT2D eigenvalue weighted by atomic mass is 79.9. The summed E-state index contributed by atoms with van der Waals surface area (Å²) in [5.74, 6) is 0.881. The Morgan fingerprint density at radius 3 is 2.79 bits per heavy atom. The maximum absolute atomic E-state index is 5.24. The zero-order valence-corrected chi connectivity index (χ0v) is 12.6. The standard InChI is InChI=1S/C15H17BrN2O/c1-11(12-5-3-7-14(9-12)19-2)17-10-13-6-4-8-15(16)18-13/h3-9,11,17H,10H2,1-2H3. The molecule has 1 aromatic heterocycles. The summed E-state index contributed by atoms with van der Waals surface area (Å²) in [6, 6.07) is 14.3. The summed E-state index contributed by atoms with van der Waals surface area (Å²) in [5.41, 5.74) is 2.22. The number of rotatable bonds is 5. The van der Waals surface area contributed by atoms with Gasteiger partial charge in [-0.2, -0.15) is 0 Å². The van der Waals surface area contributed by atoms with E-state index in [9.17, 15) is 0 Å². The molecule has 1 atom stereocenters. The third-order valence-corrected chi connectivity index (χ3v) is 3.40. The number of aromatic nitrogens is 1. The predicted octanol–water partition coefficient (Wildman–Crippen LogP) is 3.70. The van der Waals surface area contributed by atoms with Gasteiger partial charge in [-0.15, -0.1) is 0 Å². The van der Waals surface area contributed by atoms with Crippen molar-refractivity contribution in [3.8, 4) is 5.75 Å². The summed E-state index contributed by atoms with van der Waals surface area (Å²) < 4.78 is 6.10. The number of hydrogen-bond donors (Lipinski definition) is 1. The van der Waals surface area contributed by atoms with Gasteiger partial charge in [-0.05, 0) is 52.7 Å². The van der Waals surface area contributed by atoms with Gasteiger partial charge in [-0.25, -0.2) is 4.98 Å². The third-order valence-electron chi connectivity index (χ3n) is 2.96. The first-order valence-electron chi connectivity index (χ1n) is 6.18. The Kier molecular flexibility index (Phi) is 4.93. The Morgan fingerprint density at radius 2 is 2.05 bits per heavy atom. The topological polar surface area (TPSA) is 34.1 Å². The van der Waals surface area contributed by atoms with E-state index in [1.165, 1.54) is 5.56 Å². The van der Waals surface area contributed by atoms with Crippen molar-refractivity contribution in [1.82, 2.24) is 10.3 Å². The number of pyridine rings is 1. The molecule has 2 aromatic rings. The van der Waals surface area contributed by atoms with Crippen molar-refractivity contribution >= 4 is 15.9 Å². The second-order valence-electron chi connectivity index (χ2n) is 4.33. The first kappa shape index (κ1) is 14.0. The van der Waals surface area contributed by atoms with Crippen LogP contribution in [0, 0.1) is 0 Å². The Morgan fingerprint density at radius 1 is 1.26 bits per heavy atom. The minimum atomic E-state index is 0.246. The molecule has 2 rings (SSSR count). The van der Waals surface area contributed by atoms with Crippen LogP contribution in [-0.2, 0) is 6.54 Å². The van der Waals surface area contributed by atoms with Gasteiger partial charge >= 0.3 is 0 Å². The van der Waals surface area contributed by atoms with Crippen molar-refractivity contribution in [2.45, 2.75) is 19.5 Å². The second-order valence-corrected chi connectivity index (χ2v) is 5.14. The van der Waals surface area contributed by atoms with Gasteiger partial charge in [0.05, 0.1) is 12.8 Å². The van der Waals surface area contributed by atoms with E-state index in [0.717, 1.165) is 22.6 Å². The van der Waals surface area contributed by atoms with E-state index in [1.54, 1.807) is 7.11 Å². The summed E-state index contributed by atoms with van der Waals surface area (Å²) in [4.78, 5) is 4.40. The Hall–Kier alpha value is -1.39. The predicted molar refractivity (Wildman–Crippen MR) is 80.2 cm³/mol. The highest BCUT2D eigenvalue weighted by Gasteiger charge is 2.06. The molecule has 0 saturated carbocycles. The van der Waals surface area contributed by atoms with Crippen molar-refractivity contribution < 1.29 is 4.74 Å². The normalized spacial score (nSPS) is 12.2. The molecule has 19 heavy (non-hydrogen) atoms. The molecule has 3 nitrogen and oxygen atoms in total. The minimum absolute atomic E-state index is 0.246. The van der Waals surface area contributed by atoms with Crippen LogP contribution in [0.2, 0.25) is 0 Å². The number of methoxy groups -OCH3 is 1. The number of ether oxygens (including phenoxy) is 1. The van der Waals surface area contributed by atoms with Crippen LogP contribution in [0.4, 0.5) is 0 Å². The molecule has 0 saturated heterocycles. The number of benzene rings is 1. The van der Waals surface area contributed by atoms with E-state index < -0.39 is 0 Å². The Bertz CT molecular complexity index is 545. The SMILES string of the molecule is COc1cccc(C(C)NCc2cccc(Br)n2)c1. The van der Waals surface area contributed by atoms with Crippen LogP contribution in [0.1, 0.15) is 24.2 Å². The molecule has 0 aliphatic heterocycles. The van der Waals surface area contributed by atoms with Crippen LogP contribution in [-0.4, -0.2) is 12.1 Å². The lowest BCUT2D eigenvalue weighted by molar-refractivity contribution is 0.413. The number of nitrogens with one attached hydrogen (secondary N) is 1. The van der Waals surface area contributed by atoms with Crippen LogP contribution in [0.25, 0.3) is 0 Å². The molecule has 100 valence electrons.